The summed E-state index contributed by atoms with van der Waals surface area (Å²) in [6.45, 7) is -0.0717. The number of carbonyl (C=O) groups is 2. The van der Waals surface area contributed by atoms with E-state index in [1.165, 1.54) is 0 Å². The van der Waals surface area contributed by atoms with E-state index >= 15 is 0 Å². The van der Waals surface area contributed by atoms with Crippen LogP contribution in [0.5, 0.6) is 5.75 Å². The number of hydrogen-bond acceptors (Lipinski definition) is 6. The Morgan fingerprint density at radius 3 is 2.77 bits per heavy atom. The van der Waals surface area contributed by atoms with Gasteiger partial charge in [0.15, 0.2) is 0 Å². The second-order valence-electron chi connectivity index (χ2n) is 7.48. The van der Waals surface area contributed by atoms with Crippen molar-refractivity contribution in [2.75, 3.05) is 7.11 Å². The number of methoxy groups -OCH3 is 1. The number of benzene rings is 2. The molecular weight excluding hydrogens is 384 g/mol. The molecule has 2 aromatic carbocycles. The molecule has 8 heteroatoms. The second kappa shape index (κ2) is 6.98. The Morgan fingerprint density at radius 1 is 1.17 bits per heavy atom. The van der Waals surface area contributed by atoms with Gasteiger partial charge in [-0.05, 0) is 54.7 Å². The van der Waals surface area contributed by atoms with Crippen LogP contribution in [0.3, 0.4) is 0 Å². The topological polar surface area (TPSA) is 97.6 Å². The maximum atomic E-state index is 13.3. The summed E-state index contributed by atoms with van der Waals surface area (Å²) in [4.78, 5) is 31.6. The Labute approximate surface area is 172 Å². The van der Waals surface area contributed by atoms with Crippen molar-refractivity contribution in [1.82, 2.24) is 20.4 Å². The Morgan fingerprint density at radius 2 is 1.97 bits per heavy atom. The highest BCUT2D eigenvalue weighted by Crippen LogP contribution is 2.40. The van der Waals surface area contributed by atoms with E-state index in [4.69, 9.17) is 9.26 Å². The first-order chi connectivity index (χ1) is 14.6. The normalized spacial score (nSPS) is 20.4. The summed E-state index contributed by atoms with van der Waals surface area (Å²) in [6, 6.07) is 14.6. The molecule has 3 amide bonds. The first-order valence-corrected chi connectivity index (χ1v) is 9.80. The van der Waals surface area contributed by atoms with E-state index in [0.29, 0.717) is 12.2 Å². The van der Waals surface area contributed by atoms with E-state index in [-0.39, 0.29) is 18.3 Å². The summed E-state index contributed by atoms with van der Waals surface area (Å²) in [6.07, 6.45) is 2.31. The van der Waals surface area contributed by atoms with Crippen molar-refractivity contribution in [3.8, 4) is 17.1 Å². The SMILES string of the molecule is COc1ccc(-c2noc(CN3C(=O)N[C@@]4(CCCc5ccccc54)C3=O)n2)cc1. The van der Waals surface area contributed by atoms with E-state index in [0.717, 1.165) is 40.2 Å². The number of fused-ring (bicyclic) bond motifs is 2. The highest BCUT2D eigenvalue weighted by atomic mass is 16.5. The summed E-state index contributed by atoms with van der Waals surface area (Å²) < 4.78 is 10.5. The summed E-state index contributed by atoms with van der Waals surface area (Å²) in [5, 5.41) is 6.91. The average molecular weight is 404 g/mol. The minimum atomic E-state index is -1.01. The molecule has 1 atom stereocenters. The van der Waals surface area contributed by atoms with Crippen LogP contribution in [-0.4, -0.2) is 34.1 Å². The fourth-order valence-corrected chi connectivity index (χ4v) is 4.27. The van der Waals surface area contributed by atoms with Crippen LogP contribution in [0.1, 0.15) is 29.9 Å². The fraction of sp³-hybridized carbons (Fsp3) is 0.273. The molecule has 2 heterocycles. The van der Waals surface area contributed by atoms with Crippen LogP contribution < -0.4 is 10.1 Å². The quantitative estimate of drug-likeness (QED) is 0.672. The largest absolute Gasteiger partial charge is 0.497 e. The summed E-state index contributed by atoms with van der Waals surface area (Å²) >= 11 is 0. The van der Waals surface area contributed by atoms with Crippen molar-refractivity contribution in [2.45, 2.75) is 31.3 Å². The van der Waals surface area contributed by atoms with Gasteiger partial charge in [0.05, 0.1) is 7.11 Å². The van der Waals surface area contributed by atoms with E-state index in [1.54, 1.807) is 19.2 Å². The lowest BCUT2D eigenvalue weighted by Gasteiger charge is -2.33. The smallest absolute Gasteiger partial charge is 0.325 e. The first-order valence-electron chi connectivity index (χ1n) is 9.80. The van der Waals surface area contributed by atoms with Gasteiger partial charge in [0.2, 0.25) is 11.7 Å². The third kappa shape index (κ3) is 2.83. The van der Waals surface area contributed by atoms with Crippen LogP contribution in [0.15, 0.2) is 53.1 Å². The second-order valence-corrected chi connectivity index (χ2v) is 7.48. The molecule has 3 aromatic rings. The lowest BCUT2D eigenvalue weighted by Crippen LogP contribution is -2.46. The molecule has 0 unspecified atom stereocenters. The number of nitrogens with zero attached hydrogens (tertiary/aromatic N) is 3. The number of hydrogen-bond donors (Lipinski definition) is 1. The highest BCUT2D eigenvalue weighted by molar-refractivity contribution is 6.07. The summed E-state index contributed by atoms with van der Waals surface area (Å²) in [7, 11) is 1.59. The molecule has 152 valence electrons. The molecule has 30 heavy (non-hydrogen) atoms. The summed E-state index contributed by atoms with van der Waals surface area (Å²) in [5.74, 6) is 1.03. The number of aryl methyl sites for hydroxylation is 1. The van der Waals surface area contributed by atoms with Gasteiger partial charge < -0.3 is 14.6 Å². The fourth-order valence-electron chi connectivity index (χ4n) is 4.27. The zero-order valence-corrected chi connectivity index (χ0v) is 16.4. The third-order valence-electron chi connectivity index (χ3n) is 5.76. The Bertz CT molecular complexity index is 1120. The molecule has 0 radical (unpaired) electrons. The number of ether oxygens (including phenoxy) is 1. The molecule has 1 aliphatic carbocycles. The van der Waals surface area contributed by atoms with Crippen molar-refractivity contribution in [3.05, 3.63) is 65.5 Å². The van der Waals surface area contributed by atoms with Crippen LogP contribution in [0, 0.1) is 0 Å². The molecule has 1 fully saturated rings. The van der Waals surface area contributed by atoms with Gasteiger partial charge in [-0.1, -0.05) is 29.4 Å². The maximum Gasteiger partial charge on any atom is 0.325 e. The minimum absolute atomic E-state index is 0.0717. The molecule has 1 spiro atoms. The molecular formula is C22H20N4O4. The highest BCUT2D eigenvalue weighted by Gasteiger charge is 2.54. The van der Waals surface area contributed by atoms with Gasteiger partial charge in [-0.25, -0.2) is 4.79 Å². The average Bonchev–Trinajstić information content (AvgIpc) is 3.34. The van der Waals surface area contributed by atoms with E-state index in [2.05, 4.69) is 15.5 Å². The van der Waals surface area contributed by atoms with Gasteiger partial charge >= 0.3 is 6.03 Å². The monoisotopic (exact) mass is 404 g/mol. The van der Waals surface area contributed by atoms with Gasteiger partial charge in [0.25, 0.3) is 5.91 Å². The van der Waals surface area contributed by atoms with Crippen LogP contribution in [0.25, 0.3) is 11.4 Å². The number of rotatable bonds is 4. The van der Waals surface area contributed by atoms with E-state index in [1.807, 2.05) is 36.4 Å². The first kappa shape index (κ1) is 18.4. The maximum absolute atomic E-state index is 13.3. The predicted molar refractivity (Wildman–Crippen MR) is 106 cm³/mol. The Balaban J connectivity index is 1.40. The molecule has 2 aliphatic rings. The number of aromatic nitrogens is 2. The molecule has 5 rings (SSSR count). The molecule has 1 aliphatic heterocycles. The molecule has 0 saturated carbocycles. The summed E-state index contributed by atoms with van der Waals surface area (Å²) in [5.41, 5.74) is 1.71. The van der Waals surface area contributed by atoms with Gasteiger partial charge in [-0.2, -0.15) is 4.98 Å². The van der Waals surface area contributed by atoms with Crippen LogP contribution in [0.2, 0.25) is 0 Å². The van der Waals surface area contributed by atoms with Crippen molar-refractivity contribution in [3.63, 3.8) is 0 Å². The molecule has 0 bridgehead atoms. The van der Waals surface area contributed by atoms with Gasteiger partial charge in [0.1, 0.15) is 17.8 Å². The Kier molecular flexibility index (Phi) is 4.27. The van der Waals surface area contributed by atoms with Crippen molar-refractivity contribution < 1.29 is 18.8 Å². The van der Waals surface area contributed by atoms with Crippen molar-refractivity contribution in [2.24, 2.45) is 0 Å². The van der Waals surface area contributed by atoms with Crippen molar-refractivity contribution >= 4 is 11.9 Å². The van der Waals surface area contributed by atoms with Crippen molar-refractivity contribution in [1.29, 1.82) is 0 Å². The number of urea groups is 1. The molecule has 8 nitrogen and oxygen atoms in total. The predicted octanol–water partition coefficient (Wildman–Crippen LogP) is 3.03. The van der Waals surface area contributed by atoms with Gasteiger partial charge in [-0.15, -0.1) is 0 Å². The number of amides is 3. The zero-order valence-electron chi connectivity index (χ0n) is 16.4. The number of carbonyl (C=O) groups excluding carboxylic acids is 2. The van der Waals surface area contributed by atoms with Crippen LogP contribution >= 0.6 is 0 Å². The molecule has 1 saturated heterocycles. The van der Waals surface area contributed by atoms with E-state index < -0.39 is 11.6 Å². The number of nitrogens with one attached hydrogen (secondary N) is 1. The minimum Gasteiger partial charge on any atom is -0.497 e. The Hall–Kier alpha value is -3.68. The molecule has 1 N–H and O–H groups in total. The van der Waals surface area contributed by atoms with E-state index in [9.17, 15) is 9.59 Å². The van der Waals surface area contributed by atoms with Gasteiger partial charge in [0, 0.05) is 5.56 Å². The lowest BCUT2D eigenvalue weighted by molar-refractivity contribution is -0.132. The number of imide groups is 1. The third-order valence-corrected chi connectivity index (χ3v) is 5.76. The standard InChI is InChI=1S/C22H20N4O4/c1-29-16-10-8-15(9-11-16)19-23-18(30-25-19)13-26-20(27)22(24-21(26)28)12-4-6-14-5-2-3-7-17(14)22/h2-3,5,7-11H,4,6,12-13H2,1H3,(H,24,28)/t22-/m1/s1. The van der Waals surface area contributed by atoms with Gasteiger partial charge in [-0.3, -0.25) is 9.69 Å². The zero-order chi connectivity index (χ0) is 20.7. The lowest BCUT2D eigenvalue weighted by atomic mass is 9.76. The molecule has 1 aromatic heterocycles. The van der Waals surface area contributed by atoms with Crippen LogP contribution in [0.4, 0.5) is 4.79 Å². The van der Waals surface area contributed by atoms with Crippen LogP contribution in [-0.2, 0) is 23.3 Å².